The summed E-state index contributed by atoms with van der Waals surface area (Å²) in [5.74, 6) is -1.10. The highest BCUT2D eigenvalue weighted by Gasteiger charge is 2.18. The monoisotopic (exact) mass is 300 g/mol. The molecular weight excluding hydrogens is 284 g/mol. The maximum atomic E-state index is 11.2. The highest BCUT2D eigenvalue weighted by atomic mass is 16.7. The summed E-state index contributed by atoms with van der Waals surface area (Å²) < 4.78 is 0. The number of aryl methyl sites for hydroxylation is 1. The van der Waals surface area contributed by atoms with Gasteiger partial charge in [0.2, 0.25) is 0 Å². The first-order valence-corrected chi connectivity index (χ1v) is 6.87. The van der Waals surface area contributed by atoms with Crippen molar-refractivity contribution in [3.05, 3.63) is 75.8 Å². The van der Waals surface area contributed by atoms with Crippen molar-refractivity contribution in [1.29, 1.82) is 0 Å². The Bertz CT molecular complexity index is 658. The Morgan fingerprint density at radius 2 is 1.86 bits per heavy atom. The van der Waals surface area contributed by atoms with E-state index in [2.05, 4.69) is 0 Å². The van der Waals surface area contributed by atoms with E-state index < -0.39 is 11.0 Å². The number of carboxylic acids is 1. The number of carboxylic acid groups (broad SMARTS) is 1. The van der Waals surface area contributed by atoms with Crippen molar-refractivity contribution in [1.82, 2.24) is 0 Å². The minimum atomic E-state index is -1.10. The number of hydrogen-bond acceptors (Lipinski definition) is 3. The maximum absolute atomic E-state index is 11.2. The molecule has 2 aromatic rings. The van der Waals surface area contributed by atoms with Crippen LogP contribution in [0.25, 0.3) is 0 Å². The van der Waals surface area contributed by atoms with Gasteiger partial charge in [-0.2, -0.15) is 0 Å². The SMILES string of the molecule is O=C(O)c1cccc(N(CCCc2ccccc2)[N+](=O)[O-])c1. The fourth-order valence-electron chi connectivity index (χ4n) is 2.18. The van der Waals surface area contributed by atoms with Gasteiger partial charge in [-0.1, -0.05) is 41.4 Å². The molecule has 0 saturated carbocycles. The lowest BCUT2D eigenvalue weighted by molar-refractivity contribution is -0.494. The lowest BCUT2D eigenvalue weighted by atomic mass is 10.1. The van der Waals surface area contributed by atoms with Crippen LogP contribution in [0.5, 0.6) is 0 Å². The highest BCUT2D eigenvalue weighted by molar-refractivity contribution is 5.88. The molecule has 0 aliphatic rings. The zero-order chi connectivity index (χ0) is 15.9. The third-order valence-electron chi connectivity index (χ3n) is 3.27. The molecule has 0 amide bonds. The summed E-state index contributed by atoms with van der Waals surface area (Å²) >= 11 is 0. The van der Waals surface area contributed by atoms with Crippen molar-refractivity contribution in [2.45, 2.75) is 12.8 Å². The fourth-order valence-corrected chi connectivity index (χ4v) is 2.18. The number of nitrogens with zero attached hydrogens (tertiary/aromatic N) is 2. The summed E-state index contributed by atoms with van der Waals surface area (Å²) in [6.45, 7) is 0.213. The lowest BCUT2D eigenvalue weighted by Gasteiger charge is -2.14. The number of benzene rings is 2. The molecule has 0 aliphatic carbocycles. The van der Waals surface area contributed by atoms with Crippen LogP contribution in [0.4, 0.5) is 5.69 Å². The molecule has 6 nitrogen and oxygen atoms in total. The van der Waals surface area contributed by atoms with Gasteiger partial charge >= 0.3 is 5.97 Å². The van der Waals surface area contributed by atoms with Crippen LogP contribution in [0.15, 0.2) is 54.6 Å². The normalized spacial score (nSPS) is 10.2. The third-order valence-corrected chi connectivity index (χ3v) is 3.27. The van der Waals surface area contributed by atoms with Crippen LogP contribution >= 0.6 is 0 Å². The van der Waals surface area contributed by atoms with Crippen molar-refractivity contribution in [2.75, 3.05) is 11.6 Å². The first-order valence-electron chi connectivity index (χ1n) is 6.87. The number of nitro groups is 1. The average molecular weight is 300 g/mol. The summed E-state index contributed by atoms with van der Waals surface area (Å²) in [7, 11) is 0. The van der Waals surface area contributed by atoms with Crippen molar-refractivity contribution in [2.24, 2.45) is 0 Å². The number of carbonyl (C=O) groups is 1. The largest absolute Gasteiger partial charge is 0.478 e. The summed E-state index contributed by atoms with van der Waals surface area (Å²) in [6.07, 6.45) is 1.33. The molecule has 0 spiro atoms. The second kappa shape index (κ2) is 7.21. The van der Waals surface area contributed by atoms with E-state index in [1.54, 1.807) is 0 Å². The fraction of sp³-hybridized carbons (Fsp3) is 0.188. The molecule has 2 aromatic carbocycles. The van der Waals surface area contributed by atoms with E-state index in [0.29, 0.717) is 6.42 Å². The van der Waals surface area contributed by atoms with Crippen molar-refractivity contribution >= 4 is 11.7 Å². The van der Waals surface area contributed by atoms with Gasteiger partial charge in [0.1, 0.15) is 5.69 Å². The standard InChI is InChI=1S/C16H16N2O4/c19-16(20)14-9-4-10-15(12-14)17(18(21)22)11-5-8-13-6-2-1-3-7-13/h1-4,6-7,9-10,12H,5,8,11H2,(H,19,20). The average Bonchev–Trinajstić information content (AvgIpc) is 2.52. The van der Waals surface area contributed by atoms with Gasteiger partial charge in [0.15, 0.2) is 5.03 Å². The van der Waals surface area contributed by atoms with Gasteiger partial charge in [-0.25, -0.2) is 14.9 Å². The Morgan fingerprint density at radius 1 is 1.14 bits per heavy atom. The molecule has 114 valence electrons. The van der Waals surface area contributed by atoms with Crippen LogP contribution < -0.4 is 5.01 Å². The predicted octanol–water partition coefficient (Wildman–Crippen LogP) is 3.02. The summed E-state index contributed by atoms with van der Waals surface area (Å²) in [5, 5.41) is 20.6. The van der Waals surface area contributed by atoms with Crippen LogP contribution in [0.1, 0.15) is 22.3 Å². The van der Waals surface area contributed by atoms with Crippen molar-refractivity contribution in [3.63, 3.8) is 0 Å². The minimum Gasteiger partial charge on any atom is -0.478 e. The number of hydrazine groups is 1. The van der Waals surface area contributed by atoms with E-state index in [4.69, 9.17) is 5.11 Å². The van der Waals surface area contributed by atoms with Gasteiger partial charge < -0.3 is 5.11 Å². The Hall–Kier alpha value is -2.89. The number of hydrogen-bond donors (Lipinski definition) is 1. The zero-order valence-electron chi connectivity index (χ0n) is 11.9. The molecule has 0 heterocycles. The maximum Gasteiger partial charge on any atom is 0.335 e. The van der Waals surface area contributed by atoms with E-state index in [1.165, 1.54) is 24.3 Å². The van der Waals surface area contributed by atoms with E-state index in [1.807, 2.05) is 30.3 Å². The first kappa shape index (κ1) is 15.5. The number of aromatic carboxylic acids is 1. The molecule has 0 radical (unpaired) electrons. The quantitative estimate of drug-likeness (QED) is 0.627. The van der Waals surface area contributed by atoms with Crippen LogP contribution in [-0.4, -0.2) is 22.7 Å². The molecule has 1 N–H and O–H groups in total. The molecular formula is C16H16N2O4. The van der Waals surface area contributed by atoms with E-state index in [0.717, 1.165) is 17.0 Å². The van der Waals surface area contributed by atoms with Crippen molar-refractivity contribution < 1.29 is 14.9 Å². The van der Waals surface area contributed by atoms with Gasteiger partial charge in [-0.05, 0) is 36.6 Å². The highest BCUT2D eigenvalue weighted by Crippen LogP contribution is 2.17. The minimum absolute atomic E-state index is 0.0346. The Labute approximate surface area is 127 Å². The first-order chi connectivity index (χ1) is 10.6. The van der Waals surface area contributed by atoms with Crippen LogP contribution in [0.2, 0.25) is 0 Å². The molecule has 0 aromatic heterocycles. The topological polar surface area (TPSA) is 83.7 Å². The molecule has 2 rings (SSSR count). The van der Waals surface area contributed by atoms with Crippen LogP contribution in [0, 0.1) is 10.1 Å². The predicted molar refractivity (Wildman–Crippen MR) is 82.5 cm³/mol. The Morgan fingerprint density at radius 3 is 2.50 bits per heavy atom. The number of rotatable bonds is 7. The number of anilines is 1. The molecule has 0 unspecified atom stereocenters. The van der Waals surface area contributed by atoms with Crippen LogP contribution in [0.3, 0.4) is 0 Å². The smallest absolute Gasteiger partial charge is 0.335 e. The second-order valence-electron chi connectivity index (χ2n) is 4.81. The van der Waals surface area contributed by atoms with Crippen LogP contribution in [-0.2, 0) is 6.42 Å². The molecule has 0 saturated heterocycles. The zero-order valence-corrected chi connectivity index (χ0v) is 11.9. The second-order valence-corrected chi connectivity index (χ2v) is 4.81. The molecule has 0 atom stereocenters. The molecule has 6 heteroatoms. The lowest BCUT2D eigenvalue weighted by Crippen LogP contribution is -2.31. The van der Waals surface area contributed by atoms with Gasteiger partial charge in [-0.3, -0.25) is 0 Å². The Kier molecular flexibility index (Phi) is 5.08. The van der Waals surface area contributed by atoms with Gasteiger partial charge in [0.05, 0.1) is 12.1 Å². The summed E-state index contributed by atoms with van der Waals surface area (Å²) in [6, 6.07) is 15.5. The Balaban J connectivity index is 2.05. The van der Waals surface area contributed by atoms with Gasteiger partial charge in [-0.15, -0.1) is 0 Å². The van der Waals surface area contributed by atoms with Gasteiger partial charge in [0, 0.05) is 0 Å². The summed E-state index contributed by atoms with van der Waals surface area (Å²) in [5.41, 5.74) is 1.43. The molecule has 22 heavy (non-hydrogen) atoms. The summed E-state index contributed by atoms with van der Waals surface area (Å²) in [4.78, 5) is 22.2. The van der Waals surface area contributed by atoms with Crippen molar-refractivity contribution in [3.8, 4) is 0 Å². The molecule has 0 bridgehead atoms. The molecule has 0 fully saturated rings. The van der Waals surface area contributed by atoms with E-state index >= 15 is 0 Å². The third kappa shape index (κ3) is 4.05. The van der Waals surface area contributed by atoms with E-state index in [9.17, 15) is 14.9 Å². The van der Waals surface area contributed by atoms with Gasteiger partial charge in [0.25, 0.3) is 0 Å². The molecule has 0 aliphatic heterocycles. The van der Waals surface area contributed by atoms with E-state index in [-0.39, 0.29) is 17.8 Å².